The molecule has 0 bridgehead atoms. The van der Waals surface area contributed by atoms with Crippen LogP contribution in [0.5, 0.6) is 0 Å². The van der Waals surface area contributed by atoms with Crippen molar-refractivity contribution in [2.45, 2.75) is 54.4 Å². The molecule has 0 aromatic heterocycles. The molecule has 1 aromatic carbocycles. The van der Waals surface area contributed by atoms with Crippen LogP contribution in [0, 0.1) is 41.5 Å². The first kappa shape index (κ1) is 18.3. The van der Waals surface area contributed by atoms with Gasteiger partial charge in [-0.25, -0.2) is 0 Å². The monoisotopic (exact) mass is 344 g/mol. The van der Waals surface area contributed by atoms with Gasteiger partial charge in [0.25, 0.3) is 0 Å². The predicted molar refractivity (Wildman–Crippen MR) is 82.4 cm³/mol. The van der Waals surface area contributed by atoms with Gasteiger partial charge < -0.3 is 0 Å². The minimum atomic E-state index is 0. The summed E-state index contributed by atoms with van der Waals surface area (Å²) in [6.45, 7) is 13.3. The van der Waals surface area contributed by atoms with E-state index in [0.717, 1.165) is 0 Å². The van der Waals surface area contributed by atoms with E-state index < -0.39 is 0 Å². The van der Waals surface area contributed by atoms with E-state index in [0.29, 0.717) is 0 Å². The summed E-state index contributed by atoms with van der Waals surface area (Å²) in [6, 6.07) is 0. The van der Waals surface area contributed by atoms with Crippen LogP contribution in [0.4, 0.5) is 0 Å². The van der Waals surface area contributed by atoms with Gasteiger partial charge in [0, 0.05) is 19.5 Å². The number of hydrogen-bond donors (Lipinski definition) is 0. The van der Waals surface area contributed by atoms with Crippen molar-refractivity contribution < 1.29 is 19.5 Å². The Bertz CT molecular complexity index is 362. The van der Waals surface area contributed by atoms with Gasteiger partial charge in [0.1, 0.15) is 0 Å². The maximum absolute atomic E-state index is 2.21. The number of benzene rings is 1. The molecular formula is C18H26Ru. The topological polar surface area (TPSA) is 0 Å². The Morgan fingerprint density at radius 2 is 0.737 bits per heavy atom. The van der Waals surface area contributed by atoms with Crippen LogP contribution in [0.1, 0.15) is 46.2 Å². The Hall–Kier alpha value is -0.677. The fraction of sp³-hybridized carbons (Fsp3) is 0.444. The van der Waals surface area contributed by atoms with Crippen molar-refractivity contribution in [1.29, 1.82) is 0 Å². The molecule has 19 heavy (non-hydrogen) atoms. The van der Waals surface area contributed by atoms with Gasteiger partial charge in [0.15, 0.2) is 0 Å². The van der Waals surface area contributed by atoms with Crippen molar-refractivity contribution in [1.82, 2.24) is 0 Å². The average molecular weight is 343 g/mol. The molecule has 0 saturated heterocycles. The molecule has 0 heterocycles. The van der Waals surface area contributed by atoms with Gasteiger partial charge >= 0.3 is 0 Å². The molecule has 0 N–H and O–H groups in total. The van der Waals surface area contributed by atoms with Crippen LogP contribution in [0.3, 0.4) is 0 Å². The first-order chi connectivity index (χ1) is 8.46. The summed E-state index contributed by atoms with van der Waals surface area (Å²) in [5, 5.41) is 0. The summed E-state index contributed by atoms with van der Waals surface area (Å²) in [5.41, 5.74) is 8.73. The Kier molecular flexibility index (Phi) is 8.18. The molecule has 0 saturated carbocycles. The van der Waals surface area contributed by atoms with E-state index in [-0.39, 0.29) is 19.5 Å². The first-order valence-corrected chi connectivity index (χ1v) is 6.82. The summed E-state index contributed by atoms with van der Waals surface area (Å²) >= 11 is 0. The molecule has 0 nitrogen and oxygen atoms in total. The minimum Gasteiger partial charge on any atom is -0.0842 e. The van der Waals surface area contributed by atoms with Gasteiger partial charge in [-0.1, -0.05) is 24.3 Å². The van der Waals surface area contributed by atoms with Gasteiger partial charge in [0.2, 0.25) is 0 Å². The summed E-state index contributed by atoms with van der Waals surface area (Å²) in [4.78, 5) is 0. The summed E-state index contributed by atoms with van der Waals surface area (Å²) < 4.78 is 0. The van der Waals surface area contributed by atoms with Crippen molar-refractivity contribution >= 4 is 0 Å². The standard InChI is InChI=1S/C12H18.C6H8.Ru/c1-7-8(2)10(4)12(6)11(5)9(7)3;1-2-4-6-5-3-1;/h1-6H3;1-4H,5-6H2;. The third kappa shape index (κ3) is 4.73. The van der Waals surface area contributed by atoms with Crippen LogP contribution in [-0.2, 0) is 19.5 Å². The first-order valence-electron chi connectivity index (χ1n) is 6.82. The van der Waals surface area contributed by atoms with Crippen molar-refractivity contribution in [2.24, 2.45) is 0 Å². The van der Waals surface area contributed by atoms with Gasteiger partial charge in [-0.3, -0.25) is 0 Å². The second kappa shape index (κ2) is 8.49. The van der Waals surface area contributed by atoms with Gasteiger partial charge in [-0.05, 0) is 87.8 Å². The summed E-state index contributed by atoms with van der Waals surface area (Å²) in [5.74, 6) is 0. The Morgan fingerprint density at radius 3 is 0.842 bits per heavy atom. The molecule has 1 aromatic rings. The quantitative estimate of drug-likeness (QED) is 0.551. The predicted octanol–water partition coefficient (Wildman–Crippen LogP) is 5.43. The molecule has 0 atom stereocenters. The number of allylic oxidation sites excluding steroid dienone is 4. The smallest absolute Gasteiger partial charge is 0 e. The van der Waals surface area contributed by atoms with Crippen LogP contribution < -0.4 is 0 Å². The van der Waals surface area contributed by atoms with Crippen LogP contribution in [0.2, 0.25) is 0 Å². The molecule has 0 spiro atoms. The number of rotatable bonds is 0. The zero-order chi connectivity index (χ0) is 13.7. The summed E-state index contributed by atoms with van der Waals surface area (Å²) in [7, 11) is 0. The second-order valence-electron chi connectivity index (χ2n) is 5.18. The third-order valence-electron chi connectivity index (χ3n) is 4.26. The third-order valence-corrected chi connectivity index (χ3v) is 4.26. The SMILES string of the molecule is C1=CCCC=C1.Cc1c(C)c(C)c(C)c(C)c1C.[Ru]. The number of hydrogen-bond acceptors (Lipinski definition) is 0. The van der Waals surface area contributed by atoms with Crippen molar-refractivity contribution in [3.63, 3.8) is 0 Å². The molecule has 0 amide bonds. The summed E-state index contributed by atoms with van der Waals surface area (Å²) in [6.07, 6.45) is 11.0. The molecule has 0 radical (unpaired) electrons. The molecule has 0 aliphatic heterocycles. The Labute approximate surface area is 131 Å². The van der Waals surface area contributed by atoms with E-state index in [1.54, 1.807) is 0 Å². The normalized spacial score (nSPS) is 12.5. The molecule has 106 valence electrons. The minimum absolute atomic E-state index is 0. The molecule has 1 aliphatic carbocycles. The molecule has 2 rings (SSSR count). The Balaban J connectivity index is 0.000000392. The van der Waals surface area contributed by atoms with Crippen molar-refractivity contribution in [3.8, 4) is 0 Å². The van der Waals surface area contributed by atoms with Crippen LogP contribution in [0.25, 0.3) is 0 Å². The van der Waals surface area contributed by atoms with E-state index in [9.17, 15) is 0 Å². The molecule has 0 unspecified atom stereocenters. The van der Waals surface area contributed by atoms with E-state index in [1.165, 1.54) is 46.2 Å². The second-order valence-corrected chi connectivity index (χ2v) is 5.18. The van der Waals surface area contributed by atoms with Crippen molar-refractivity contribution in [2.75, 3.05) is 0 Å². The average Bonchev–Trinajstić information content (AvgIpc) is 2.43. The fourth-order valence-corrected chi connectivity index (χ4v) is 2.23. The van der Waals surface area contributed by atoms with E-state index in [1.807, 2.05) is 0 Å². The zero-order valence-electron chi connectivity index (χ0n) is 13.1. The largest absolute Gasteiger partial charge is 0.0842 e. The van der Waals surface area contributed by atoms with Crippen molar-refractivity contribution in [3.05, 3.63) is 57.7 Å². The maximum atomic E-state index is 2.21. The molecular weight excluding hydrogens is 317 g/mol. The fourth-order valence-electron chi connectivity index (χ4n) is 2.23. The zero-order valence-corrected chi connectivity index (χ0v) is 14.8. The maximum Gasteiger partial charge on any atom is 0 e. The van der Waals surface area contributed by atoms with E-state index in [4.69, 9.17) is 0 Å². The molecule has 0 fully saturated rings. The van der Waals surface area contributed by atoms with Crippen LogP contribution >= 0.6 is 0 Å². The van der Waals surface area contributed by atoms with Crippen LogP contribution in [-0.4, -0.2) is 0 Å². The van der Waals surface area contributed by atoms with Gasteiger partial charge in [0.05, 0.1) is 0 Å². The van der Waals surface area contributed by atoms with Crippen LogP contribution in [0.15, 0.2) is 24.3 Å². The van der Waals surface area contributed by atoms with Gasteiger partial charge in [-0.15, -0.1) is 0 Å². The van der Waals surface area contributed by atoms with E-state index in [2.05, 4.69) is 65.8 Å². The van der Waals surface area contributed by atoms with E-state index >= 15 is 0 Å². The molecule has 1 aliphatic rings. The van der Waals surface area contributed by atoms with Gasteiger partial charge in [-0.2, -0.15) is 0 Å². The molecule has 1 heteroatoms. The Morgan fingerprint density at radius 1 is 0.526 bits per heavy atom.